The highest BCUT2D eigenvalue weighted by Crippen LogP contribution is 2.20. The first-order valence-electron chi connectivity index (χ1n) is 10.2. The molecule has 31 heavy (non-hydrogen) atoms. The minimum absolute atomic E-state index is 0.0387. The van der Waals surface area contributed by atoms with Crippen LogP contribution in [0.5, 0.6) is 0 Å². The van der Waals surface area contributed by atoms with Gasteiger partial charge < -0.3 is 15.7 Å². The molecule has 3 aromatic carbocycles. The highest BCUT2D eigenvalue weighted by molar-refractivity contribution is 5.89. The number of halogens is 1. The van der Waals surface area contributed by atoms with Crippen molar-refractivity contribution in [2.24, 2.45) is 0 Å². The van der Waals surface area contributed by atoms with E-state index in [0.717, 1.165) is 42.4 Å². The monoisotopic (exact) mass is 421 g/mol. The molecule has 0 saturated carbocycles. The maximum atomic E-state index is 13.3. The number of carbonyl (C=O) groups excluding carboxylic acids is 1. The molecule has 160 valence electrons. The first kappa shape index (κ1) is 20.8. The largest absolute Gasteiger partial charge is 0.481 e. The number of hydrogen-bond donors (Lipinski definition) is 3. The quantitative estimate of drug-likeness (QED) is 0.562. The van der Waals surface area contributed by atoms with E-state index in [2.05, 4.69) is 21.6 Å². The maximum Gasteiger partial charge on any atom is 0.319 e. The Bertz CT molecular complexity index is 1120. The third kappa shape index (κ3) is 5.58. The summed E-state index contributed by atoms with van der Waals surface area (Å²) < 4.78 is 13.3. The number of anilines is 1. The first-order chi connectivity index (χ1) is 14.9. The number of urea groups is 1. The minimum atomic E-state index is -0.911. The Balaban J connectivity index is 1.29. The van der Waals surface area contributed by atoms with Crippen LogP contribution in [0.15, 0.2) is 60.7 Å². The maximum absolute atomic E-state index is 13.3. The lowest BCUT2D eigenvalue weighted by atomic mass is 10.1. The number of likely N-dealkylation sites (tertiary alicyclic amines) is 1. The number of carbonyl (C=O) groups is 2. The molecule has 1 aliphatic heterocycles. The molecular formula is C24H24FN3O3. The van der Waals surface area contributed by atoms with Crippen molar-refractivity contribution in [1.29, 1.82) is 0 Å². The zero-order valence-electron chi connectivity index (χ0n) is 17.0. The number of carboxylic acid groups (broad SMARTS) is 1. The summed E-state index contributed by atoms with van der Waals surface area (Å²) in [6.45, 7) is 2.39. The molecule has 0 radical (unpaired) electrons. The lowest BCUT2D eigenvalue weighted by Gasteiger charge is -2.17. The van der Waals surface area contributed by atoms with Gasteiger partial charge in [-0.2, -0.15) is 0 Å². The van der Waals surface area contributed by atoms with Crippen molar-refractivity contribution in [3.8, 4) is 0 Å². The first-order valence-corrected chi connectivity index (χ1v) is 10.2. The molecular weight excluding hydrogens is 397 g/mol. The average Bonchev–Trinajstić information content (AvgIpc) is 3.14. The Morgan fingerprint density at radius 3 is 2.68 bits per heavy atom. The second-order valence-corrected chi connectivity index (χ2v) is 7.92. The van der Waals surface area contributed by atoms with E-state index in [9.17, 15) is 14.0 Å². The Kier molecular flexibility index (Phi) is 6.13. The van der Waals surface area contributed by atoms with Crippen LogP contribution < -0.4 is 10.6 Å². The summed E-state index contributed by atoms with van der Waals surface area (Å²) in [7, 11) is 0. The molecule has 4 rings (SSSR count). The summed E-state index contributed by atoms with van der Waals surface area (Å²) >= 11 is 0. The van der Waals surface area contributed by atoms with Crippen molar-refractivity contribution in [1.82, 2.24) is 10.2 Å². The normalized spacial score (nSPS) is 16.4. The summed E-state index contributed by atoms with van der Waals surface area (Å²) in [6, 6.07) is 17.4. The van der Waals surface area contributed by atoms with E-state index in [1.807, 2.05) is 12.1 Å². The summed E-state index contributed by atoms with van der Waals surface area (Å²) in [5.74, 6) is -1.15. The zero-order chi connectivity index (χ0) is 21.8. The van der Waals surface area contributed by atoms with Crippen LogP contribution in [0.1, 0.15) is 17.5 Å². The second-order valence-electron chi connectivity index (χ2n) is 7.92. The van der Waals surface area contributed by atoms with Gasteiger partial charge in [-0.1, -0.05) is 30.3 Å². The van der Waals surface area contributed by atoms with Gasteiger partial charge in [-0.25, -0.2) is 9.18 Å². The van der Waals surface area contributed by atoms with Crippen LogP contribution >= 0.6 is 0 Å². The van der Waals surface area contributed by atoms with Gasteiger partial charge in [0, 0.05) is 31.4 Å². The van der Waals surface area contributed by atoms with Gasteiger partial charge in [0.2, 0.25) is 0 Å². The van der Waals surface area contributed by atoms with Crippen LogP contribution in [0.2, 0.25) is 0 Å². The van der Waals surface area contributed by atoms with Crippen LogP contribution in [-0.2, 0) is 17.8 Å². The van der Waals surface area contributed by atoms with Gasteiger partial charge >= 0.3 is 12.0 Å². The van der Waals surface area contributed by atoms with E-state index in [1.54, 1.807) is 30.3 Å². The van der Waals surface area contributed by atoms with Crippen molar-refractivity contribution in [2.75, 3.05) is 18.4 Å². The van der Waals surface area contributed by atoms with Crippen molar-refractivity contribution in [3.05, 3.63) is 77.6 Å². The Morgan fingerprint density at radius 2 is 1.84 bits per heavy atom. The number of benzene rings is 3. The highest BCUT2D eigenvalue weighted by Gasteiger charge is 2.24. The summed E-state index contributed by atoms with van der Waals surface area (Å²) in [5.41, 5.74) is 2.36. The van der Waals surface area contributed by atoms with Crippen LogP contribution in [0.3, 0.4) is 0 Å². The van der Waals surface area contributed by atoms with Crippen molar-refractivity contribution >= 4 is 28.5 Å². The fourth-order valence-corrected chi connectivity index (χ4v) is 4.00. The van der Waals surface area contributed by atoms with Gasteiger partial charge in [-0.3, -0.25) is 9.69 Å². The molecule has 0 aliphatic carbocycles. The lowest BCUT2D eigenvalue weighted by Crippen LogP contribution is -2.39. The van der Waals surface area contributed by atoms with E-state index < -0.39 is 5.97 Å². The standard InChI is InChI=1S/C24H24FN3O3/c25-20-7-6-18-10-17(4-5-19(18)13-20)14-28-9-8-22(15-28)27-24(31)26-21-3-1-2-16(11-21)12-23(29)30/h1-7,10-11,13,22H,8-9,12,14-15H2,(H,29,30)(H2,26,27,31). The number of nitrogens with one attached hydrogen (secondary N) is 2. The molecule has 0 bridgehead atoms. The lowest BCUT2D eigenvalue weighted by molar-refractivity contribution is -0.136. The molecule has 1 saturated heterocycles. The average molecular weight is 421 g/mol. The predicted octanol–water partition coefficient (Wildman–Crippen LogP) is 4.00. The topological polar surface area (TPSA) is 81.7 Å². The van der Waals surface area contributed by atoms with Gasteiger partial charge in [0.1, 0.15) is 5.82 Å². The minimum Gasteiger partial charge on any atom is -0.481 e. The van der Waals surface area contributed by atoms with Crippen molar-refractivity contribution in [3.63, 3.8) is 0 Å². The number of rotatable bonds is 6. The fraction of sp³-hybridized carbons (Fsp3) is 0.250. The molecule has 2 amide bonds. The number of nitrogens with zero attached hydrogens (tertiary/aromatic N) is 1. The summed E-state index contributed by atoms with van der Waals surface area (Å²) in [4.78, 5) is 25.5. The third-order valence-corrected chi connectivity index (χ3v) is 5.42. The van der Waals surface area contributed by atoms with Crippen LogP contribution in [0.4, 0.5) is 14.9 Å². The van der Waals surface area contributed by atoms with E-state index in [1.165, 1.54) is 12.1 Å². The molecule has 1 atom stereocenters. The number of hydrogen-bond acceptors (Lipinski definition) is 3. The molecule has 7 heteroatoms. The van der Waals surface area contributed by atoms with Crippen LogP contribution in [0.25, 0.3) is 10.8 Å². The van der Waals surface area contributed by atoms with Crippen molar-refractivity contribution in [2.45, 2.75) is 25.4 Å². The van der Waals surface area contributed by atoms with E-state index in [-0.39, 0.29) is 24.3 Å². The molecule has 1 unspecified atom stereocenters. The van der Waals surface area contributed by atoms with Gasteiger partial charge in [-0.05, 0) is 58.7 Å². The van der Waals surface area contributed by atoms with Gasteiger partial charge in [0.15, 0.2) is 0 Å². The number of carboxylic acids is 1. The van der Waals surface area contributed by atoms with Crippen molar-refractivity contribution < 1.29 is 19.1 Å². The fourth-order valence-electron chi connectivity index (χ4n) is 4.00. The molecule has 1 heterocycles. The summed E-state index contributed by atoms with van der Waals surface area (Å²) in [5, 5.41) is 16.6. The molecule has 1 aliphatic rings. The van der Waals surface area contributed by atoms with E-state index >= 15 is 0 Å². The Hall–Kier alpha value is -3.45. The molecule has 3 aromatic rings. The molecule has 3 N–H and O–H groups in total. The number of aliphatic carboxylic acids is 1. The Labute approximate surface area is 179 Å². The second kappa shape index (κ2) is 9.14. The third-order valence-electron chi connectivity index (χ3n) is 5.42. The number of amides is 2. The highest BCUT2D eigenvalue weighted by atomic mass is 19.1. The van der Waals surface area contributed by atoms with Gasteiger partial charge in [-0.15, -0.1) is 0 Å². The van der Waals surface area contributed by atoms with Gasteiger partial charge in [0.25, 0.3) is 0 Å². The predicted molar refractivity (Wildman–Crippen MR) is 118 cm³/mol. The number of fused-ring (bicyclic) bond motifs is 1. The SMILES string of the molecule is O=C(O)Cc1cccc(NC(=O)NC2CCN(Cc3ccc4cc(F)ccc4c3)C2)c1. The Morgan fingerprint density at radius 1 is 1.03 bits per heavy atom. The van der Waals surface area contributed by atoms with E-state index in [4.69, 9.17) is 5.11 Å². The van der Waals surface area contributed by atoms with Crippen LogP contribution in [0, 0.1) is 5.82 Å². The smallest absolute Gasteiger partial charge is 0.319 e. The summed E-state index contributed by atoms with van der Waals surface area (Å²) in [6.07, 6.45) is 0.768. The molecule has 0 aromatic heterocycles. The molecule has 1 fully saturated rings. The zero-order valence-corrected chi connectivity index (χ0v) is 17.0. The molecule has 6 nitrogen and oxygen atoms in total. The van der Waals surface area contributed by atoms with Gasteiger partial charge in [0.05, 0.1) is 6.42 Å². The van der Waals surface area contributed by atoms with Crippen LogP contribution in [-0.4, -0.2) is 41.1 Å². The molecule has 0 spiro atoms. The van der Waals surface area contributed by atoms with E-state index in [0.29, 0.717) is 11.3 Å².